The largest absolute Gasteiger partial charge is 0.331 e. The molecule has 0 saturated carbocycles. The summed E-state index contributed by atoms with van der Waals surface area (Å²) in [6.07, 6.45) is 1.42. The third kappa shape index (κ3) is 8.52. The zero-order valence-electron chi connectivity index (χ0n) is 22.5. The van der Waals surface area contributed by atoms with Crippen molar-refractivity contribution in [2.24, 2.45) is 0 Å². The second kappa shape index (κ2) is 14.3. The predicted molar refractivity (Wildman–Crippen MR) is 173 cm³/mol. The molecule has 6 N–H and O–H groups in total. The topological polar surface area (TPSA) is 232 Å². The molecule has 45 heavy (non-hydrogen) atoms. The van der Waals surface area contributed by atoms with Crippen LogP contribution in [0.5, 0.6) is 0 Å². The summed E-state index contributed by atoms with van der Waals surface area (Å²) in [7, 11) is 0. The lowest BCUT2D eigenvalue weighted by molar-refractivity contribution is -0.385. The molecule has 232 valence electrons. The third-order valence-electron chi connectivity index (χ3n) is 5.73. The van der Waals surface area contributed by atoms with Gasteiger partial charge in [0.1, 0.15) is 13.1 Å². The van der Waals surface area contributed by atoms with Crippen molar-refractivity contribution in [1.29, 1.82) is 0 Å². The van der Waals surface area contributed by atoms with E-state index in [1.165, 1.54) is 54.7 Å². The van der Waals surface area contributed by atoms with Crippen LogP contribution in [0.1, 0.15) is 0 Å². The Morgan fingerprint density at radius 3 is 1.67 bits per heavy atom. The number of imidazole rings is 1. The number of fused-ring (bicyclic) bond motifs is 1. The Morgan fingerprint density at radius 2 is 1.22 bits per heavy atom. The van der Waals surface area contributed by atoms with Crippen LogP contribution in [0.15, 0.2) is 70.1 Å². The second-order valence-electron chi connectivity index (χ2n) is 8.81. The van der Waals surface area contributed by atoms with Gasteiger partial charge in [0.25, 0.3) is 23.2 Å². The lowest BCUT2D eigenvalue weighted by Crippen LogP contribution is -2.47. The number of nitro benzene ring substituents is 2. The number of anilines is 2. The minimum atomic E-state index is -0.709. The normalized spacial score (nSPS) is 10.4. The van der Waals surface area contributed by atoms with Gasteiger partial charge in [-0.2, -0.15) is 0 Å². The highest BCUT2D eigenvalue weighted by molar-refractivity contribution is 9.10. The van der Waals surface area contributed by atoms with Crippen molar-refractivity contribution < 1.29 is 19.4 Å². The van der Waals surface area contributed by atoms with Crippen molar-refractivity contribution in [2.45, 2.75) is 13.1 Å². The zero-order valence-corrected chi connectivity index (χ0v) is 25.7. The van der Waals surface area contributed by atoms with Crippen LogP contribution in [0.4, 0.5) is 22.7 Å². The molecule has 4 aromatic rings. The van der Waals surface area contributed by atoms with E-state index in [9.17, 15) is 34.6 Å². The number of pyridine rings is 1. The average Bonchev–Trinajstić information content (AvgIpc) is 3.24. The molecule has 4 rings (SSSR count). The van der Waals surface area contributed by atoms with Gasteiger partial charge in [0.05, 0.1) is 15.4 Å². The first-order chi connectivity index (χ1) is 21.4. The fourth-order valence-electron chi connectivity index (χ4n) is 3.74. The van der Waals surface area contributed by atoms with Gasteiger partial charge in [-0.3, -0.25) is 60.7 Å². The lowest BCUT2D eigenvalue weighted by Gasteiger charge is -2.12. The number of rotatable bonds is 8. The minimum Gasteiger partial charge on any atom is -0.331 e. The number of nitrogens with one attached hydrogen (secondary N) is 6. The van der Waals surface area contributed by atoms with Crippen molar-refractivity contribution in [3.8, 4) is 0 Å². The Labute approximate surface area is 270 Å². The monoisotopic (exact) mass is 717 g/mol. The zero-order chi connectivity index (χ0) is 32.7. The Kier molecular flexibility index (Phi) is 10.3. The van der Waals surface area contributed by atoms with Crippen LogP contribution in [0.3, 0.4) is 0 Å². The fourth-order valence-corrected chi connectivity index (χ4v) is 4.40. The Hall–Kier alpha value is -5.54. The number of hydrogen-bond acceptors (Lipinski definition) is 10. The summed E-state index contributed by atoms with van der Waals surface area (Å²) in [4.78, 5) is 63.4. The molecule has 0 spiro atoms. The highest BCUT2D eigenvalue weighted by atomic mass is 79.9. The molecule has 0 aliphatic rings. The summed E-state index contributed by atoms with van der Waals surface area (Å²) in [5.74, 6) is -1.35. The van der Waals surface area contributed by atoms with Crippen LogP contribution < -0.4 is 38.0 Å². The van der Waals surface area contributed by atoms with Crippen molar-refractivity contribution in [1.82, 2.24) is 35.8 Å². The van der Waals surface area contributed by atoms with E-state index >= 15 is 0 Å². The minimum absolute atomic E-state index is 0.0263. The van der Waals surface area contributed by atoms with E-state index in [4.69, 9.17) is 24.4 Å². The molecule has 0 saturated heterocycles. The Balaban J connectivity index is 1.36. The molecule has 0 aliphatic carbocycles. The first-order valence-electron chi connectivity index (χ1n) is 12.4. The number of amides is 2. The van der Waals surface area contributed by atoms with Gasteiger partial charge >= 0.3 is 5.69 Å². The number of thiocarbonyl (C=S) groups is 2. The van der Waals surface area contributed by atoms with E-state index in [0.717, 1.165) is 9.13 Å². The van der Waals surface area contributed by atoms with Crippen molar-refractivity contribution in [3.63, 3.8) is 0 Å². The molecular formula is C24H20BrN11O7S2. The standard InChI is InChI=1S/C24H20BrN11O7S2/c25-13-9-18-21(26-10-13)34(12-20(38)30-32-23(45)28-15-3-7-17(8-4-15)36(42)43)24(39)33(18)11-19(37)29-31-22(44)27-14-1-5-16(6-2-14)35(40)41/h1-10H,11-12H2,(H,29,37)(H,30,38)(H2,27,31,44)(H2,28,32,45). The molecule has 0 fully saturated rings. The first kappa shape index (κ1) is 32.4. The van der Waals surface area contributed by atoms with Crippen LogP contribution in [-0.4, -0.2) is 46.0 Å². The van der Waals surface area contributed by atoms with Gasteiger partial charge in [-0.05, 0) is 70.7 Å². The van der Waals surface area contributed by atoms with E-state index in [1.807, 2.05) is 0 Å². The number of nitro groups is 2. The van der Waals surface area contributed by atoms with Crippen molar-refractivity contribution in [2.75, 3.05) is 10.6 Å². The van der Waals surface area contributed by atoms with Crippen LogP contribution in [0, 0.1) is 20.2 Å². The Morgan fingerprint density at radius 1 is 0.778 bits per heavy atom. The SMILES string of the molecule is O=C(Cn1c(=O)n(CC(=O)NNC(=S)Nc2ccc([N+](=O)[O-])cc2)c2ncc(Br)cc21)NNC(=S)Nc1ccc([N+](=O)[O-])cc1. The molecule has 2 amide bonds. The number of hydrazine groups is 2. The van der Waals surface area contributed by atoms with Crippen LogP contribution in [0.25, 0.3) is 11.2 Å². The van der Waals surface area contributed by atoms with Gasteiger partial charge in [0.15, 0.2) is 15.9 Å². The summed E-state index contributed by atoms with van der Waals surface area (Å²) in [5.41, 5.74) is 9.97. The molecule has 0 radical (unpaired) electrons. The van der Waals surface area contributed by atoms with Crippen LogP contribution >= 0.6 is 40.4 Å². The number of carbonyl (C=O) groups excluding carboxylic acids is 2. The maximum Gasteiger partial charge on any atom is 0.331 e. The van der Waals surface area contributed by atoms with E-state index in [1.54, 1.807) is 6.07 Å². The molecule has 2 aromatic carbocycles. The molecule has 0 aliphatic heterocycles. The molecule has 18 nitrogen and oxygen atoms in total. The van der Waals surface area contributed by atoms with Gasteiger partial charge in [0, 0.05) is 46.3 Å². The average molecular weight is 719 g/mol. The molecule has 0 bridgehead atoms. The lowest BCUT2D eigenvalue weighted by atomic mass is 10.3. The molecule has 0 atom stereocenters. The summed E-state index contributed by atoms with van der Waals surface area (Å²) in [5, 5.41) is 27.0. The maximum absolute atomic E-state index is 13.3. The van der Waals surface area contributed by atoms with Crippen LogP contribution in [-0.2, 0) is 22.7 Å². The van der Waals surface area contributed by atoms with E-state index < -0.39 is 40.4 Å². The van der Waals surface area contributed by atoms with E-state index in [-0.39, 0.29) is 32.8 Å². The van der Waals surface area contributed by atoms with Crippen molar-refractivity contribution in [3.05, 3.63) is 96.0 Å². The van der Waals surface area contributed by atoms with Gasteiger partial charge in [-0.1, -0.05) is 0 Å². The molecule has 2 aromatic heterocycles. The summed E-state index contributed by atoms with van der Waals surface area (Å²) >= 11 is 13.5. The molecule has 2 heterocycles. The first-order valence-corrected chi connectivity index (χ1v) is 14.0. The summed E-state index contributed by atoms with van der Waals surface area (Å²) in [6.45, 7) is -0.968. The number of hydrogen-bond donors (Lipinski definition) is 6. The van der Waals surface area contributed by atoms with Crippen LogP contribution in [0.2, 0.25) is 0 Å². The number of aromatic nitrogens is 3. The summed E-state index contributed by atoms with van der Waals surface area (Å²) in [6, 6.07) is 12.4. The number of nitrogens with zero attached hydrogens (tertiary/aromatic N) is 5. The third-order valence-corrected chi connectivity index (χ3v) is 6.57. The molecular weight excluding hydrogens is 698 g/mol. The Bertz CT molecular complexity index is 1880. The van der Waals surface area contributed by atoms with Gasteiger partial charge in [0.2, 0.25) is 0 Å². The quantitative estimate of drug-likeness (QED) is 0.0867. The van der Waals surface area contributed by atoms with Gasteiger partial charge < -0.3 is 10.6 Å². The number of benzene rings is 2. The smallest absolute Gasteiger partial charge is 0.331 e. The molecule has 21 heteroatoms. The highest BCUT2D eigenvalue weighted by Gasteiger charge is 2.19. The fraction of sp³-hybridized carbons (Fsp3) is 0.0833. The number of halogens is 1. The summed E-state index contributed by atoms with van der Waals surface area (Å²) < 4.78 is 2.69. The number of non-ortho nitro benzene ring substituents is 2. The van der Waals surface area contributed by atoms with Gasteiger partial charge in [-0.25, -0.2) is 9.78 Å². The predicted octanol–water partition coefficient (Wildman–Crippen LogP) is 1.81. The number of carbonyl (C=O) groups is 2. The molecule has 0 unspecified atom stereocenters. The second-order valence-corrected chi connectivity index (χ2v) is 10.5. The van der Waals surface area contributed by atoms with Crippen molar-refractivity contribution >= 4 is 96.3 Å². The van der Waals surface area contributed by atoms with E-state index in [2.05, 4.69) is 53.3 Å². The van der Waals surface area contributed by atoms with E-state index in [0.29, 0.717) is 15.8 Å². The highest BCUT2D eigenvalue weighted by Crippen LogP contribution is 2.18. The van der Waals surface area contributed by atoms with Gasteiger partial charge in [-0.15, -0.1) is 0 Å². The maximum atomic E-state index is 13.3.